The van der Waals surface area contributed by atoms with Gasteiger partial charge in [-0.15, -0.1) is 0 Å². The Hall–Kier alpha value is -2.23. The Bertz CT molecular complexity index is 945. The molecule has 0 saturated heterocycles. The van der Waals surface area contributed by atoms with Crippen LogP contribution in [-0.4, -0.2) is 45.2 Å². The molecular weight excluding hydrogens is 434 g/mol. The molecule has 0 aliphatic carbocycles. The van der Waals surface area contributed by atoms with Crippen molar-refractivity contribution in [3.8, 4) is 0 Å². The van der Waals surface area contributed by atoms with Crippen molar-refractivity contribution in [2.45, 2.75) is 11.4 Å². The minimum Gasteiger partial charge on any atom is -0.350 e. The van der Waals surface area contributed by atoms with E-state index in [1.165, 1.54) is 20.2 Å². The van der Waals surface area contributed by atoms with Gasteiger partial charge in [0.25, 0.3) is 5.91 Å². The topological polar surface area (TPSA) is 95.6 Å². The molecule has 0 aliphatic rings. The Morgan fingerprint density at radius 1 is 1.04 bits per heavy atom. The molecule has 0 spiro atoms. The van der Waals surface area contributed by atoms with Crippen LogP contribution in [0.3, 0.4) is 0 Å². The number of carbonyl (C=O) groups is 2. The molecule has 0 atom stereocenters. The zero-order chi connectivity index (χ0) is 20.0. The third kappa shape index (κ3) is 5.62. The molecule has 0 aromatic heterocycles. The predicted molar refractivity (Wildman–Crippen MR) is 106 cm³/mol. The molecule has 27 heavy (non-hydrogen) atoms. The summed E-state index contributed by atoms with van der Waals surface area (Å²) >= 11 is 3.28. The van der Waals surface area contributed by atoms with Crippen molar-refractivity contribution >= 4 is 37.8 Å². The molecule has 2 amide bonds. The predicted octanol–water partition coefficient (Wildman–Crippen LogP) is 1.75. The number of sulfonamides is 1. The smallest absolute Gasteiger partial charge is 0.251 e. The number of hydrogen-bond donors (Lipinski definition) is 2. The summed E-state index contributed by atoms with van der Waals surface area (Å²) in [5.74, 6) is -0.794. The molecule has 0 bridgehead atoms. The Morgan fingerprint density at radius 3 is 2.41 bits per heavy atom. The van der Waals surface area contributed by atoms with Crippen molar-refractivity contribution in [2.24, 2.45) is 0 Å². The van der Waals surface area contributed by atoms with E-state index in [2.05, 4.69) is 26.6 Å². The number of benzene rings is 2. The van der Waals surface area contributed by atoms with E-state index in [0.717, 1.165) is 8.78 Å². The second kappa shape index (κ2) is 9.12. The first kappa shape index (κ1) is 21.1. The minimum absolute atomic E-state index is 0.0365. The van der Waals surface area contributed by atoms with Crippen LogP contribution in [0.5, 0.6) is 0 Å². The number of halogens is 1. The van der Waals surface area contributed by atoms with Gasteiger partial charge in [-0.25, -0.2) is 12.7 Å². The molecule has 0 radical (unpaired) electrons. The van der Waals surface area contributed by atoms with Gasteiger partial charge in [0.15, 0.2) is 0 Å². The van der Waals surface area contributed by atoms with Crippen molar-refractivity contribution in [2.75, 3.05) is 20.6 Å². The highest BCUT2D eigenvalue weighted by molar-refractivity contribution is 9.10. The molecule has 0 heterocycles. The van der Waals surface area contributed by atoms with Crippen LogP contribution in [-0.2, 0) is 21.4 Å². The standard InChI is InChI=1S/C18H20BrN3O4S/c1-22(2)27(25,26)16-9-4-3-6-14(16)11-20-17(23)12-21-18(24)13-7-5-8-15(19)10-13/h3-10H,11-12H2,1-2H3,(H,20,23)(H,21,24). The Kier molecular flexibility index (Phi) is 7.11. The van der Waals surface area contributed by atoms with Crippen molar-refractivity contribution < 1.29 is 18.0 Å². The molecule has 2 aromatic carbocycles. The van der Waals surface area contributed by atoms with Crippen LogP contribution in [0.15, 0.2) is 57.9 Å². The molecule has 7 nitrogen and oxygen atoms in total. The molecule has 2 N–H and O–H groups in total. The molecule has 144 valence electrons. The van der Waals surface area contributed by atoms with Crippen LogP contribution >= 0.6 is 15.9 Å². The Balaban J connectivity index is 1.96. The number of nitrogens with one attached hydrogen (secondary N) is 2. The van der Waals surface area contributed by atoms with Crippen LogP contribution in [0.25, 0.3) is 0 Å². The summed E-state index contributed by atoms with van der Waals surface area (Å²) in [5, 5.41) is 5.15. The summed E-state index contributed by atoms with van der Waals surface area (Å²) in [6.07, 6.45) is 0. The van der Waals surface area contributed by atoms with E-state index in [1.807, 2.05) is 0 Å². The van der Waals surface area contributed by atoms with Gasteiger partial charge in [-0.1, -0.05) is 40.2 Å². The van der Waals surface area contributed by atoms with Crippen LogP contribution in [0.2, 0.25) is 0 Å². The van der Waals surface area contributed by atoms with E-state index < -0.39 is 15.9 Å². The highest BCUT2D eigenvalue weighted by Crippen LogP contribution is 2.18. The lowest BCUT2D eigenvalue weighted by Crippen LogP contribution is -2.37. The molecular formula is C18H20BrN3O4S. The normalized spacial score (nSPS) is 11.3. The van der Waals surface area contributed by atoms with Gasteiger partial charge in [0.1, 0.15) is 0 Å². The quantitative estimate of drug-likeness (QED) is 0.667. The van der Waals surface area contributed by atoms with Gasteiger partial charge < -0.3 is 10.6 Å². The molecule has 0 fully saturated rings. The second-order valence-corrected chi connectivity index (χ2v) is 8.90. The van der Waals surface area contributed by atoms with E-state index in [-0.39, 0.29) is 23.9 Å². The fourth-order valence-electron chi connectivity index (χ4n) is 2.25. The highest BCUT2D eigenvalue weighted by Gasteiger charge is 2.20. The number of hydrogen-bond acceptors (Lipinski definition) is 4. The van der Waals surface area contributed by atoms with E-state index in [0.29, 0.717) is 11.1 Å². The summed E-state index contributed by atoms with van der Waals surface area (Å²) in [6.45, 7) is -0.178. The molecule has 0 aliphatic heterocycles. The largest absolute Gasteiger partial charge is 0.350 e. The lowest BCUT2D eigenvalue weighted by molar-refractivity contribution is -0.120. The summed E-state index contributed by atoms with van der Waals surface area (Å²) in [5.41, 5.74) is 0.900. The maximum Gasteiger partial charge on any atom is 0.251 e. The van der Waals surface area contributed by atoms with Crippen LogP contribution in [0.1, 0.15) is 15.9 Å². The fraction of sp³-hybridized carbons (Fsp3) is 0.222. The first-order valence-corrected chi connectivity index (χ1v) is 10.3. The van der Waals surface area contributed by atoms with E-state index in [4.69, 9.17) is 0 Å². The number of rotatable bonds is 7. The number of carbonyl (C=O) groups excluding carboxylic acids is 2. The van der Waals surface area contributed by atoms with Crippen molar-refractivity contribution in [3.05, 3.63) is 64.1 Å². The zero-order valence-electron chi connectivity index (χ0n) is 14.9. The third-order valence-electron chi connectivity index (χ3n) is 3.70. The molecule has 2 rings (SSSR count). The first-order chi connectivity index (χ1) is 12.7. The molecule has 2 aromatic rings. The number of amides is 2. The average Bonchev–Trinajstić information content (AvgIpc) is 2.64. The molecule has 9 heteroatoms. The van der Waals surface area contributed by atoms with Gasteiger partial charge in [0.2, 0.25) is 15.9 Å². The summed E-state index contributed by atoms with van der Waals surface area (Å²) < 4.78 is 26.6. The van der Waals surface area contributed by atoms with E-state index in [9.17, 15) is 18.0 Å². The van der Waals surface area contributed by atoms with E-state index >= 15 is 0 Å². The van der Waals surface area contributed by atoms with Crippen molar-refractivity contribution in [3.63, 3.8) is 0 Å². The van der Waals surface area contributed by atoms with Crippen LogP contribution < -0.4 is 10.6 Å². The Labute approximate surface area is 166 Å². The lowest BCUT2D eigenvalue weighted by Gasteiger charge is -2.15. The maximum atomic E-state index is 12.3. The SMILES string of the molecule is CN(C)S(=O)(=O)c1ccccc1CNC(=O)CNC(=O)c1cccc(Br)c1. The molecule has 0 saturated carbocycles. The van der Waals surface area contributed by atoms with Crippen molar-refractivity contribution in [1.29, 1.82) is 0 Å². The van der Waals surface area contributed by atoms with Gasteiger partial charge in [-0.2, -0.15) is 0 Å². The Morgan fingerprint density at radius 2 is 1.74 bits per heavy atom. The van der Waals surface area contributed by atoms with Gasteiger partial charge in [-0.05, 0) is 29.8 Å². The van der Waals surface area contributed by atoms with Gasteiger partial charge in [-0.3, -0.25) is 9.59 Å². The first-order valence-electron chi connectivity index (χ1n) is 8.02. The minimum atomic E-state index is -3.61. The zero-order valence-corrected chi connectivity index (χ0v) is 17.3. The van der Waals surface area contributed by atoms with E-state index in [1.54, 1.807) is 42.5 Å². The summed E-state index contributed by atoms with van der Waals surface area (Å²) in [7, 11) is -0.720. The summed E-state index contributed by atoms with van der Waals surface area (Å²) in [6, 6.07) is 13.3. The fourth-order valence-corrected chi connectivity index (χ4v) is 3.76. The average molecular weight is 454 g/mol. The third-order valence-corrected chi connectivity index (χ3v) is 6.11. The second-order valence-electron chi connectivity index (χ2n) is 5.86. The molecule has 0 unspecified atom stereocenters. The maximum absolute atomic E-state index is 12.3. The monoisotopic (exact) mass is 453 g/mol. The van der Waals surface area contributed by atoms with Gasteiger partial charge in [0.05, 0.1) is 11.4 Å². The van der Waals surface area contributed by atoms with Gasteiger partial charge in [0, 0.05) is 30.7 Å². The highest BCUT2D eigenvalue weighted by atomic mass is 79.9. The lowest BCUT2D eigenvalue weighted by atomic mass is 10.2. The van der Waals surface area contributed by atoms with Crippen molar-refractivity contribution in [1.82, 2.24) is 14.9 Å². The van der Waals surface area contributed by atoms with Crippen LogP contribution in [0.4, 0.5) is 0 Å². The van der Waals surface area contributed by atoms with Crippen LogP contribution in [0, 0.1) is 0 Å². The van der Waals surface area contributed by atoms with Gasteiger partial charge >= 0.3 is 0 Å². The summed E-state index contributed by atoms with van der Waals surface area (Å²) in [4.78, 5) is 24.2. The number of nitrogens with zero attached hydrogens (tertiary/aromatic N) is 1.